The molecule has 5 nitrogen and oxygen atoms in total. The van der Waals surface area contributed by atoms with Crippen molar-refractivity contribution in [2.24, 2.45) is 5.73 Å². The van der Waals surface area contributed by atoms with Crippen LogP contribution in [0.1, 0.15) is 5.76 Å². The van der Waals surface area contributed by atoms with E-state index in [1.54, 1.807) is 0 Å². The summed E-state index contributed by atoms with van der Waals surface area (Å²) in [4.78, 5) is 15.2. The highest BCUT2D eigenvalue weighted by molar-refractivity contribution is 5.77. The Labute approximate surface area is 92.1 Å². The van der Waals surface area contributed by atoms with Crippen molar-refractivity contribution in [3.8, 4) is 0 Å². The fourth-order valence-electron chi connectivity index (χ4n) is 1.37. The van der Waals surface area contributed by atoms with E-state index in [-0.39, 0.29) is 6.61 Å². The largest absolute Gasteiger partial charge is 0.460 e. The molecule has 2 rings (SSSR count). The molecule has 1 amide bonds. The van der Waals surface area contributed by atoms with Crippen LogP contribution in [0.2, 0.25) is 0 Å². The molecule has 16 heavy (non-hydrogen) atoms. The number of benzene rings is 1. The van der Waals surface area contributed by atoms with Crippen LogP contribution >= 0.6 is 0 Å². The molecule has 3 N–H and O–H groups in total. The third kappa shape index (κ3) is 2.59. The molecule has 0 unspecified atom stereocenters. The van der Waals surface area contributed by atoms with Gasteiger partial charge in [-0.2, -0.15) is 5.48 Å². The molecule has 0 saturated carbocycles. The summed E-state index contributed by atoms with van der Waals surface area (Å²) < 4.78 is 5.52. The van der Waals surface area contributed by atoms with Crippen LogP contribution in [0.5, 0.6) is 0 Å². The Morgan fingerprint density at radius 2 is 2.25 bits per heavy atom. The van der Waals surface area contributed by atoms with Crippen molar-refractivity contribution in [2.45, 2.75) is 6.54 Å². The van der Waals surface area contributed by atoms with Crippen LogP contribution in [0.3, 0.4) is 0 Å². The Balaban J connectivity index is 1.92. The second kappa shape index (κ2) is 4.78. The average Bonchev–Trinajstić information content (AvgIpc) is 2.66. The third-order valence-electron chi connectivity index (χ3n) is 2.04. The summed E-state index contributed by atoms with van der Waals surface area (Å²) in [6.45, 7) is 0.238. The SMILES string of the molecule is NC(=O)CONCc1cc2ccccc2o1. The maximum atomic E-state index is 10.4. The lowest BCUT2D eigenvalue weighted by atomic mass is 10.2. The van der Waals surface area contributed by atoms with Crippen molar-refractivity contribution < 1.29 is 14.0 Å². The zero-order valence-corrected chi connectivity index (χ0v) is 8.60. The molecule has 0 fully saturated rings. The minimum atomic E-state index is -0.517. The predicted octanol–water partition coefficient (Wildman–Crippen LogP) is 0.939. The number of hydrogen-bond acceptors (Lipinski definition) is 4. The summed E-state index contributed by atoms with van der Waals surface area (Å²) >= 11 is 0. The number of hydroxylamine groups is 1. The third-order valence-corrected chi connectivity index (χ3v) is 2.04. The van der Waals surface area contributed by atoms with Gasteiger partial charge in [0, 0.05) is 5.39 Å². The molecular weight excluding hydrogens is 208 g/mol. The molecule has 5 heteroatoms. The first-order chi connectivity index (χ1) is 7.75. The van der Waals surface area contributed by atoms with E-state index in [1.807, 2.05) is 30.3 Å². The number of nitrogens with one attached hydrogen (secondary N) is 1. The number of fused-ring (bicyclic) bond motifs is 1. The number of primary amides is 1. The van der Waals surface area contributed by atoms with Crippen LogP contribution in [-0.4, -0.2) is 12.5 Å². The minimum absolute atomic E-state index is 0.153. The summed E-state index contributed by atoms with van der Waals surface area (Å²) in [5.74, 6) is 0.225. The van der Waals surface area contributed by atoms with Gasteiger partial charge in [-0.1, -0.05) is 18.2 Å². The van der Waals surface area contributed by atoms with Gasteiger partial charge in [-0.25, -0.2) is 0 Å². The molecule has 0 aliphatic rings. The molecule has 0 atom stereocenters. The summed E-state index contributed by atoms with van der Waals surface area (Å²) in [5, 5.41) is 1.04. The Morgan fingerprint density at radius 3 is 3.00 bits per heavy atom. The zero-order valence-electron chi connectivity index (χ0n) is 8.60. The molecule has 0 spiro atoms. The van der Waals surface area contributed by atoms with Gasteiger partial charge in [-0.05, 0) is 12.1 Å². The van der Waals surface area contributed by atoms with E-state index in [4.69, 9.17) is 15.0 Å². The maximum absolute atomic E-state index is 10.4. The van der Waals surface area contributed by atoms with Crippen molar-refractivity contribution in [1.29, 1.82) is 0 Å². The van der Waals surface area contributed by atoms with Crippen molar-refractivity contribution in [1.82, 2.24) is 5.48 Å². The lowest BCUT2D eigenvalue weighted by Gasteiger charge is -2.00. The number of hydrogen-bond donors (Lipinski definition) is 2. The van der Waals surface area contributed by atoms with Crippen LogP contribution in [0.15, 0.2) is 34.7 Å². The number of para-hydroxylation sites is 1. The number of carbonyl (C=O) groups is 1. The van der Waals surface area contributed by atoms with Crippen molar-refractivity contribution in [2.75, 3.05) is 6.61 Å². The van der Waals surface area contributed by atoms with Crippen molar-refractivity contribution in [3.05, 3.63) is 36.1 Å². The average molecular weight is 220 g/mol. The second-order valence-corrected chi connectivity index (χ2v) is 3.33. The van der Waals surface area contributed by atoms with E-state index >= 15 is 0 Å². The van der Waals surface area contributed by atoms with E-state index in [2.05, 4.69) is 5.48 Å². The molecule has 0 radical (unpaired) electrons. The summed E-state index contributed by atoms with van der Waals surface area (Å²) in [7, 11) is 0. The lowest BCUT2D eigenvalue weighted by Crippen LogP contribution is -2.24. The Morgan fingerprint density at radius 1 is 1.44 bits per heavy atom. The Kier molecular flexibility index (Phi) is 3.19. The minimum Gasteiger partial charge on any atom is -0.460 e. The van der Waals surface area contributed by atoms with Crippen LogP contribution in [0.4, 0.5) is 0 Å². The van der Waals surface area contributed by atoms with Crippen molar-refractivity contribution >= 4 is 16.9 Å². The smallest absolute Gasteiger partial charge is 0.245 e. The summed E-state index contributed by atoms with van der Waals surface area (Å²) in [6.07, 6.45) is 0. The molecule has 1 aromatic heterocycles. The number of carbonyl (C=O) groups excluding carboxylic acids is 1. The normalized spacial score (nSPS) is 10.8. The maximum Gasteiger partial charge on any atom is 0.245 e. The quantitative estimate of drug-likeness (QED) is 0.580. The number of nitrogens with two attached hydrogens (primary N) is 1. The Bertz CT molecular complexity index is 460. The van der Waals surface area contributed by atoms with Crippen LogP contribution in [0, 0.1) is 0 Å². The van der Waals surface area contributed by atoms with Crippen LogP contribution < -0.4 is 11.2 Å². The fourth-order valence-corrected chi connectivity index (χ4v) is 1.37. The molecule has 1 aromatic carbocycles. The molecule has 2 aromatic rings. The highest BCUT2D eigenvalue weighted by atomic mass is 16.6. The van der Waals surface area contributed by atoms with Gasteiger partial charge >= 0.3 is 0 Å². The number of rotatable bonds is 5. The topological polar surface area (TPSA) is 77.5 Å². The van der Waals surface area contributed by atoms with Gasteiger partial charge in [-0.3, -0.25) is 9.63 Å². The van der Waals surface area contributed by atoms with Gasteiger partial charge in [0.2, 0.25) is 5.91 Å². The van der Waals surface area contributed by atoms with Gasteiger partial charge in [-0.15, -0.1) is 0 Å². The molecule has 0 aliphatic heterocycles. The van der Waals surface area contributed by atoms with Crippen LogP contribution in [-0.2, 0) is 16.2 Å². The first kappa shape index (κ1) is 10.7. The molecule has 0 aliphatic carbocycles. The number of amides is 1. The van der Waals surface area contributed by atoms with Gasteiger partial charge in [0.15, 0.2) is 0 Å². The predicted molar refractivity (Wildman–Crippen MR) is 58.2 cm³/mol. The standard InChI is InChI=1S/C11H12N2O3/c12-11(14)7-15-13-6-9-5-8-3-1-2-4-10(8)16-9/h1-5,13H,6-7H2,(H2,12,14). The van der Waals surface area contributed by atoms with Gasteiger partial charge < -0.3 is 10.2 Å². The lowest BCUT2D eigenvalue weighted by molar-refractivity contribution is -0.125. The summed E-state index contributed by atoms with van der Waals surface area (Å²) in [6, 6.07) is 9.62. The number of furan rings is 1. The first-order valence-electron chi connectivity index (χ1n) is 4.86. The molecule has 1 heterocycles. The van der Waals surface area contributed by atoms with E-state index in [0.717, 1.165) is 16.7 Å². The highest BCUT2D eigenvalue weighted by Gasteiger charge is 2.02. The molecule has 0 bridgehead atoms. The van der Waals surface area contributed by atoms with E-state index in [9.17, 15) is 4.79 Å². The molecular formula is C11H12N2O3. The monoisotopic (exact) mass is 220 g/mol. The Hall–Kier alpha value is -1.85. The van der Waals surface area contributed by atoms with E-state index < -0.39 is 5.91 Å². The van der Waals surface area contributed by atoms with Gasteiger partial charge in [0.1, 0.15) is 18.0 Å². The molecule has 84 valence electrons. The highest BCUT2D eigenvalue weighted by Crippen LogP contribution is 2.18. The zero-order chi connectivity index (χ0) is 11.4. The van der Waals surface area contributed by atoms with Crippen LogP contribution in [0.25, 0.3) is 11.0 Å². The fraction of sp³-hybridized carbons (Fsp3) is 0.182. The first-order valence-corrected chi connectivity index (χ1v) is 4.86. The van der Waals surface area contributed by atoms with Gasteiger partial charge in [0.05, 0.1) is 6.54 Å². The summed E-state index contributed by atoms with van der Waals surface area (Å²) in [5.41, 5.74) is 8.33. The second-order valence-electron chi connectivity index (χ2n) is 3.33. The van der Waals surface area contributed by atoms with E-state index in [0.29, 0.717) is 6.54 Å². The van der Waals surface area contributed by atoms with Gasteiger partial charge in [0.25, 0.3) is 0 Å². The molecule has 0 saturated heterocycles. The van der Waals surface area contributed by atoms with E-state index in [1.165, 1.54) is 0 Å². The van der Waals surface area contributed by atoms with Crippen molar-refractivity contribution in [3.63, 3.8) is 0 Å².